The van der Waals surface area contributed by atoms with Crippen LogP contribution in [0.3, 0.4) is 0 Å². The number of hydrogen-bond acceptors (Lipinski definition) is 4. The Labute approximate surface area is 459 Å². The zero-order chi connectivity index (χ0) is 54.1. The molecule has 4 nitrogen and oxygen atoms in total. The smallest absolute Gasteiger partial charge is 0.252 e. The van der Waals surface area contributed by atoms with Gasteiger partial charge in [0.15, 0.2) is 5.58 Å². The van der Waals surface area contributed by atoms with Crippen molar-refractivity contribution in [2.24, 2.45) is 0 Å². The monoisotopic (exact) mass is 1010 g/mol. The lowest BCUT2D eigenvalue weighted by Gasteiger charge is -2.47. The van der Waals surface area contributed by atoms with E-state index in [0.29, 0.717) is 0 Å². The fourth-order valence-corrected chi connectivity index (χ4v) is 14.5. The summed E-state index contributed by atoms with van der Waals surface area (Å²) in [7, 11) is 0. The zero-order valence-electron chi connectivity index (χ0n) is 48.4. The molecule has 2 aliphatic heterocycles. The highest BCUT2D eigenvalue weighted by molar-refractivity contribution is 7.00. The number of anilines is 9. The maximum absolute atomic E-state index is 7.30. The van der Waals surface area contributed by atoms with E-state index in [1.165, 1.54) is 84.5 Å². The largest absolute Gasteiger partial charge is 0.454 e. The van der Waals surface area contributed by atoms with Crippen molar-refractivity contribution < 1.29 is 4.42 Å². The Morgan fingerprint density at radius 3 is 1.60 bits per heavy atom. The second-order valence-electron chi connectivity index (χ2n) is 28.1. The Bertz CT molecular complexity index is 3860. The highest BCUT2D eigenvalue weighted by Gasteiger charge is 2.49. The van der Waals surface area contributed by atoms with Gasteiger partial charge >= 0.3 is 0 Å². The Morgan fingerprint density at radius 2 is 0.987 bits per heavy atom. The van der Waals surface area contributed by atoms with Crippen molar-refractivity contribution in [3.63, 3.8) is 0 Å². The number of furan rings is 1. The molecule has 0 saturated carbocycles. The Hall–Kier alpha value is -6.98. The third kappa shape index (κ3) is 7.60. The van der Waals surface area contributed by atoms with E-state index in [4.69, 9.17) is 4.42 Å². The molecule has 3 heterocycles. The summed E-state index contributed by atoms with van der Waals surface area (Å²) in [5, 5.41) is 2.26. The van der Waals surface area contributed by atoms with Crippen LogP contribution in [0.5, 0.6) is 0 Å². The van der Waals surface area contributed by atoms with E-state index < -0.39 is 0 Å². The van der Waals surface area contributed by atoms with Crippen LogP contribution in [-0.4, -0.2) is 6.71 Å². The fourth-order valence-electron chi connectivity index (χ4n) is 14.5. The lowest BCUT2D eigenvalue weighted by molar-refractivity contribution is 0.332. The Morgan fingerprint density at radius 1 is 0.442 bits per heavy atom. The number of hydrogen-bond donors (Lipinski definition) is 0. The molecule has 388 valence electrons. The average molecular weight is 1010 g/mol. The van der Waals surface area contributed by atoms with Gasteiger partial charge in [0.05, 0.1) is 5.69 Å². The first-order valence-corrected chi connectivity index (χ1v) is 28.5. The summed E-state index contributed by atoms with van der Waals surface area (Å²) in [5.74, 6) is 0. The zero-order valence-corrected chi connectivity index (χ0v) is 48.4. The highest BCUT2D eigenvalue weighted by Crippen LogP contribution is 2.56. The van der Waals surface area contributed by atoms with Crippen LogP contribution in [0, 0.1) is 6.92 Å². The molecule has 0 amide bonds. The molecule has 5 heteroatoms. The maximum atomic E-state index is 7.30. The molecule has 1 aromatic heterocycles. The molecule has 0 N–H and O–H groups in total. The van der Waals surface area contributed by atoms with Gasteiger partial charge in [-0.1, -0.05) is 176 Å². The van der Waals surface area contributed by atoms with Gasteiger partial charge in [-0.2, -0.15) is 0 Å². The van der Waals surface area contributed by atoms with Gasteiger partial charge in [0.2, 0.25) is 0 Å². The van der Waals surface area contributed by atoms with Gasteiger partial charge in [-0.05, 0) is 187 Å². The van der Waals surface area contributed by atoms with Gasteiger partial charge in [-0.3, -0.25) is 0 Å². The molecule has 77 heavy (non-hydrogen) atoms. The van der Waals surface area contributed by atoms with Crippen molar-refractivity contribution in [2.75, 3.05) is 14.7 Å². The summed E-state index contributed by atoms with van der Waals surface area (Å²) in [4.78, 5) is 7.74. The molecule has 4 aliphatic rings. The van der Waals surface area contributed by atoms with Gasteiger partial charge in [-0.25, -0.2) is 0 Å². The lowest BCUT2D eigenvalue weighted by atomic mass is 9.33. The molecule has 2 aliphatic carbocycles. The van der Waals surface area contributed by atoms with Crippen molar-refractivity contribution >= 4 is 96.2 Å². The van der Waals surface area contributed by atoms with E-state index in [0.717, 1.165) is 63.2 Å². The van der Waals surface area contributed by atoms with Crippen molar-refractivity contribution in [1.82, 2.24) is 0 Å². The molecule has 8 aromatic carbocycles. The van der Waals surface area contributed by atoms with Crippen LogP contribution in [0.15, 0.2) is 156 Å². The summed E-state index contributed by atoms with van der Waals surface area (Å²) in [6.45, 7) is 36.1. The van der Waals surface area contributed by atoms with Gasteiger partial charge in [0.1, 0.15) is 5.58 Å². The first kappa shape index (κ1) is 49.6. The maximum Gasteiger partial charge on any atom is 0.252 e. The van der Waals surface area contributed by atoms with Crippen molar-refractivity contribution in [3.8, 4) is 0 Å². The first-order valence-electron chi connectivity index (χ1n) is 28.5. The van der Waals surface area contributed by atoms with E-state index in [-0.39, 0.29) is 39.2 Å². The molecule has 0 unspecified atom stereocenters. The average Bonchev–Trinajstić information content (AvgIpc) is 3.99. The minimum Gasteiger partial charge on any atom is -0.454 e. The first-order chi connectivity index (χ1) is 36.3. The van der Waals surface area contributed by atoms with Crippen molar-refractivity contribution in [1.29, 1.82) is 0 Å². The van der Waals surface area contributed by atoms with Gasteiger partial charge < -0.3 is 19.1 Å². The number of benzene rings is 8. The van der Waals surface area contributed by atoms with Crippen LogP contribution in [0.2, 0.25) is 0 Å². The van der Waals surface area contributed by atoms with E-state index in [2.05, 4.69) is 270 Å². The lowest BCUT2D eigenvalue weighted by Crippen LogP contribution is -2.61. The quantitative estimate of drug-likeness (QED) is 0.160. The molecule has 0 fully saturated rings. The van der Waals surface area contributed by atoms with E-state index >= 15 is 0 Å². The van der Waals surface area contributed by atoms with E-state index in [1.807, 2.05) is 0 Å². The van der Waals surface area contributed by atoms with Crippen LogP contribution in [0.4, 0.5) is 51.2 Å². The number of para-hydroxylation sites is 3. The van der Waals surface area contributed by atoms with Gasteiger partial charge in [-0.15, -0.1) is 0 Å². The minimum atomic E-state index is -0.187. The molecular formula is C72H76BN3O. The summed E-state index contributed by atoms with van der Waals surface area (Å²) in [6, 6.07) is 58.3. The van der Waals surface area contributed by atoms with Crippen LogP contribution in [0.25, 0.3) is 21.9 Å². The summed E-state index contributed by atoms with van der Waals surface area (Å²) >= 11 is 0. The molecule has 9 aromatic rings. The number of aryl methyl sites for hydroxylation is 1. The predicted octanol–water partition coefficient (Wildman–Crippen LogP) is 18.3. The van der Waals surface area contributed by atoms with Crippen LogP contribution < -0.4 is 31.1 Å². The van der Waals surface area contributed by atoms with E-state index in [9.17, 15) is 0 Å². The molecule has 0 saturated heterocycles. The standard InChI is InChI=1S/C72H76BN3O/c1-44-35-52-54(70(10,11)34-33-69(52,8)9)41-59(44)76-61-42-55-53(71(12,13)43-72(55,14)15)40-57(61)73-56-32-30-49(74(47-23-18-16-19-24-47)48-25-20-17-21-26-48)39-60(56)75(62-36-46(68(5,6)7)37-63(76)65(62)73)58-28-22-27-51-50-31-29-45(67(2,3)4)38-64(50)77-66(51)58/h16-32,35-42H,33-34,43H2,1-15H3. The second kappa shape index (κ2) is 16.5. The normalized spacial score (nSPS) is 17.5. The number of fused-ring (bicyclic) bond motifs is 9. The molecule has 13 rings (SSSR count). The minimum absolute atomic E-state index is 0.00170. The third-order valence-electron chi connectivity index (χ3n) is 18.7. The summed E-state index contributed by atoms with van der Waals surface area (Å²) < 4.78 is 7.30. The van der Waals surface area contributed by atoms with Crippen molar-refractivity contribution in [2.45, 2.75) is 156 Å². The van der Waals surface area contributed by atoms with Crippen LogP contribution in [-0.2, 0) is 32.5 Å². The summed E-state index contributed by atoms with van der Waals surface area (Å²) in [5.41, 5.74) is 26.1. The highest BCUT2D eigenvalue weighted by atomic mass is 16.3. The molecule has 0 bridgehead atoms. The van der Waals surface area contributed by atoms with Gasteiger partial charge in [0, 0.05) is 56.3 Å². The summed E-state index contributed by atoms with van der Waals surface area (Å²) in [6.07, 6.45) is 3.43. The topological polar surface area (TPSA) is 22.9 Å². The fraction of sp³-hybridized carbons (Fsp3) is 0.333. The molecule has 0 radical (unpaired) electrons. The molecule has 0 spiro atoms. The third-order valence-corrected chi connectivity index (χ3v) is 18.7. The molecular weight excluding hydrogens is 934 g/mol. The Balaban J connectivity index is 1.17. The SMILES string of the molecule is Cc1cc2c(cc1N1c3cc4c(cc3B3c5ccc(N(c6ccccc6)c6ccccc6)cc5N(c5cccc6c5oc5cc(C(C)(C)C)ccc56)c5cc(C(C)(C)C)cc1c53)C(C)(C)CC4(C)C)C(C)(C)CCC2(C)C. The van der Waals surface area contributed by atoms with Gasteiger partial charge in [0.25, 0.3) is 6.71 Å². The van der Waals surface area contributed by atoms with Crippen LogP contribution >= 0.6 is 0 Å². The second-order valence-corrected chi connectivity index (χ2v) is 28.1. The number of rotatable bonds is 5. The molecule has 0 atom stereocenters. The number of nitrogens with zero attached hydrogens (tertiary/aromatic N) is 3. The van der Waals surface area contributed by atoms with E-state index in [1.54, 1.807) is 0 Å². The Kier molecular flexibility index (Phi) is 10.6. The van der Waals surface area contributed by atoms with Crippen molar-refractivity contribution in [3.05, 3.63) is 191 Å². The van der Waals surface area contributed by atoms with Crippen LogP contribution in [0.1, 0.15) is 155 Å². The predicted molar refractivity (Wildman–Crippen MR) is 331 cm³/mol.